The van der Waals surface area contributed by atoms with Gasteiger partial charge in [0, 0.05) is 13.2 Å². The molecular weight excluding hydrogens is 180 g/mol. The first kappa shape index (κ1) is 13.4. The van der Waals surface area contributed by atoms with Crippen molar-refractivity contribution in [2.24, 2.45) is 5.73 Å². The fraction of sp³-hybridized carbons (Fsp3) is 0.900. The summed E-state index contributed by atoms with van der Waals surface area (Å²) < 4.78 is 0. The number of nitrogens with one attached hydrogen (secondary N) is 1. The van der Waals surface area contributed by atoms with Crippen LogP contribution in [0.25, 0.3) is 0 Å². The molecule has 0 saturated heterocycles. The van der Waals surface area contributed by atoms with E-state index in [0.717, 1.165) is 19.3 Å². The monoisotopic (exact) mass is 202 g/mol. The van der Waals surface area contributed by atoms with E-state index in [9.17, 15) is 4.79 Å². The fourth-order valence-electron chi connectivity index (χ4n) is 1.27. The smallest absolute Gasteiger partial charge is 0.239 e. The number of aliphatic hydroxyl groups is 1. The molecule has 0 aliphatic rings. The topological polar surface area (TPSA) is 75.4 Å². The molecule has 0 aromatic carbocycles. The van der Waals surface area contributed by atoms with Gasteiger partial charge in [-0.05, 0) is 26.2 Å². The lowest BCUT2D eigenvalue weighted by Crippen LogP contribution is -2.51. The standard InChI is InChI=1S/C10H22N2O2/c1-3-6-10(2,11)9(14)12-7-4-5-8-13/h13H,3-8,11H2,1-2H3,(H,12,14). The first-order chi connectivity index (χ1) is 6.54. The number of hydrogen-bond donors (Lipinski definition) is 3. The van der Waals surface area contributed by atoms with Crippen molar-refractivity contribution >= 4 is 5.91 Å². The van der Waals surface area contributed by atoms with Crippen molar-refractivity contribution in [3.8, 4) is 0 Å². The number of nitrogens with two attached hydrogens (primary N) is 1. The molecule has 84 valence electrons. The molecule has 0 bridgehead atoms. The summed E-state index contributed by atoms with van der Waals surface area (Å²) in [7, 11) is 0. The number of carbonyl (C=O) groups is 1. The summed E-state index contributed by atoms with van der Waals surface area (Å²) in [4.78, 5) is 11.5. The van der Waals surface area contributed by atoms with Crippen LogP contribution in [0.5, 0.6) is 0 Å². The molecule has 0 aromatic heterocycles. The van der Waals surface area contributed by atoms with Gasteiger partial charge in [-0.2, -0.15) is 0 Å². The van der Waals surface area contributed by atoms with Crippen LogP contribution in [-0.2, 0) is 4.79 Å². The zero-order valence-corrected chi connectivity index (χ0v) is 9.18. The molecule has 4 N–H and O–H groups in total. The van der Waals surface area contributed by atoms with Gasteiger partial charge in [0.15, 0.2) is 0 Å². The van der Waals surface area contributed by atoms with Gasteiger partial charge >= 0.3 is 0 Å². The molecule has 0 fully saturated rings. The SMILES string of the molecule is CCCC(C)(N)C(=O)NCCCCO. The zero-order valence-electron chi connectivity index (χ0n) is 9.18. The van der Waals surface area contributed by atoms with E-state index in [-0.39, 0.29) is 12.5 Å². The van der Waals surface area contributed by atoms with Gasteiger partial charge in [-0.25, -0.2) is 0 Å². The van der Waals surface area contributed by atoms with E-state index < -0.39 is 5.54 Å². The van der Waals surface area contributed by atoms with Gasteiger partial charge in [0.25, 0.3) is 0 Å². The first-order valence-electron chi connectivity index (χ1n) is 5.22. The molecule has 0 aliphatic carbocycles. The maximum Gasteiger partial charge on any atom is 0.239 e. The Labute approximate surface area is 85.9 Å². The molecule has 14 heavy (non-hydrogen) atoms. The Morgan fingerprint density at radius 3 is 2.64 bits per heavy atom. The highest BCUT2D eigenvalue weighted by atomic mass is 16.2. The minimum absolute atomic E-state index is 0.0997. The number of hydrogen-bond acceptors (Lipinski definition) is 3. The average Bonchev–Trinajstić information content (AvgIpc) is 2.12. The highest BCUT2D eigenvalue weighted by Gasteiger charge is 2.26. The zero-order chi connectivity index (χ0) is 11.0. The van der Waals surface area contributed by atoms with E-state index >= 15 is 0 Å². The van der Waals surface area contributed by atoms with E-state index in [1.54, 1.807) is 6.92 Å². The van der Waals surface area contributed by atoms with Gasteiger partial charge in [-0.1, -0.05) is 13.3 Å². The van der Waals surface area contributed by atoms with Crippen LogP contribution >= 0.6 is 0 Å². The third-order valence-corrected chi connectivity index (χ3v) is 2.16. The summed E-state index contributed by atoms with van der Waals surface area (Å²) in [6.07, 6.45) is 3.11. The highest BCUT2D eigenvalue weighted by Crippen LogP contribution is 2.08. The Morgan fingerprint density at radius 1 is 1.50 bits per heavy atom. The van der Waals surface area contributed by atoms with Crippen LogP contribution in [-0.4, -0.2) is 29.7 Å². The highest BCUT2D eigenvalue weighted by molar-refractivity contribution is 5.85. The van der Waals surface area contributed by atoms with Gasteiger partial charge in [0.1, 0.15) is 0 Å². The predicted molar refractivity (Wildman–Crippen MR) is 56.8 cm³/mol. The van der Waals surface area contributed by atoms with Crippen molar-refractivity contribution in [3.05, 3.63) is 0 Å². The van der Waals surface area contributed by atoms with Gasteiger partial charge < -0.3 is 16.2 Å². The second-order valence-corrected chi connectivity index (χ2v) is 3.85. The van der Waals surface area contributed by atoms with Crippen LogP contribution in [0.2, 0.25) is 0 Å². The summed E-state index contributed by atoms with van der Waals surface area (Å²) in [6.45, 7) is 4.52. The van der Waals surface area contributed by atoms with Crippen LogP contribution in [0.15, 0.2) is 0 Å². The lowest BCUT2D eigenvalue weighted by Gasteiger charge is -2.22. The summed E-state index contributed by atoms with van der Waals surface area (Å²) in [6, 6.07) is 0. The number of carbonyl (C=O) groups excluding carboxylic acids is 1. The van der Waals surface area contributed by atoms with Crippen molar-refractivity contribution in [1.29, 1.82) is 0 Å². The Bertz CT molecular complexity index is 170. The van der Waals surface area contributed by atoms with Gasteiger partial charge in [0.05, 0.1) is 5.54 Å². The van der Waals surface area contributed by atoms with Crippen LogP contribution < -0.4 is 11.1 Å². The molecule has 4 nitrogen and oxygen atoms in total. The summed E-state index contributed by atoms with van der Waals surface area (Å²) in [5.41, 5.74) is 5.07. The third kappa shape index (κ3) is 5.19. The quantitative estimate of drug-likeness (QED) is 0.523. The van der Waals surface area contributed by atoms with Crippen molar-refractivity contribution in [1.82, 2.24) is 5.32 Å². The summed E-state index contributed by atoms with van der Waals surface area (Å²) in [5, 5.41) is 11.3. The van der Waals surface area contributed by atoms with E-state index in [0.29, 0.717) is 13.0 Å². The Hall–Kier alpha value is -0.610. The van der Waals surface area contributed by atoms with Crippen molar-refractivity contribution in [3.63, 3.8) is 0 Å². The van der Waals surface area contributed by atoms with Gasteiger partial charge in [0.2, 0.25) is 5.91 Å². The van der Waals surface area contributed by atoms with Crippen LogP contribution in [0.3, 0.4) is 0 Å². The predicted octanol–water partition coefficient (Wildman–Crippen LogP) is 0.393. The normalized spacial score (nSPS) is 14.9. The number of amides is 1. The Balaban J connectivity index is 3.71. The second-order valence-electron chi connectivity index (χ2n) is 3.85. The molecule has 0 rings (SSSR count). The van der Waals surface area contributed by atoms with Crippen LogP contribution in [0.4, 0.5) is 0 Å². The molecule has 4 heteroatoms. The van der Waals surface area contributed by atoms with E-state index in [1.807, 2.05) is 6.92 Å². The number of unbranched alkanes of at least 4 members (excludes halogenated alkanes) is 1. The molecule has 0 saturated carbocycles. The average molecular weight is 202 g/mol. The maximum atomic E-state index is 11.5. The van der Waals surface area contributed by atoms with Gasteiger partial charge in [-0.3, -0.25) is 4.79 Å². The van der Waals surface area contributed by atoms with E-state index in [4.69, 9.17) is 10.8 Å². The molecule has 1 amide bonds. The second kappa shape index (κ2) is 6.79. The van der Waals surface area contributed by atoms with Crippen LogP contribution in [0, 0.1) is 0 Å². The number of aliphatic hydroxyl groups excluding tert-OH is 1. The van der Waals surface area contributed by atoms with E-state index in [2.05, 4.69) is 5.32 Å². The van der Waals surface area contributed by atoms with Crippen molar-refractivity contribution in [2.45, 2.75) is 45.1 Å². The minimum atomic E-state index is -0.756. The maximum absolute atomic E-state index is 11.5. The van der Waals surface area contributed by atoms with Crippen molar-refractivity contribution < 1.29 is 9.90 Å². The van der Waals surface area contributed by atoms with Crippen LogP contribution in [0.1, 0.15) is 39.5 Å². The Kier molecular flexibility index (Phi) is 6.49. The Morgan fingerprint density at radius 2 is 2.14 bits per heavy atom. The molecule has 0 aromatic rings. The minimum Gasteiger partial charge on any atom is -0.396 e. The lowest BCUT2D eigenvalue weighted by atomic mass is 9.96. The molecule has 0 heterocycles. The van der Waals surface area contributed by atoms with E-state index in [1.165, 1.54) is 0 Å². The van der Waals surface area contributed by atoms with Gasteiger partial charge in [-0.15, -0.1) is 0 Å². The molecular formula is C10H22N2O2. The number of rotatable bonds is 7. The molecule has 1 unspecified atom stereocenters. The third-order valence-electron chi connectivity index (χ3n) is 2.16. The molecule has 0 aliphatic heterocycles. The van der Waals surface area contributed by atoms with Crippen molar-refractivity contribution in [2.75, 3.05) is 13.2 Å². The largest absolute Gasteiger partial charge is 0.396 e. The summed E-state index contributed by atoms with van der Waals surface area (Å²) in [5.74, 6) is -0.0997. The molecule has 0 spiro atoms. The lowest BCUT2D eigenvalue weighted by molar-refractivity contribution is -0.126. The first-order valence-corrected chi connectivity index (χ1v) is 5.22. The molecule has 1 atom stereocenters. The fourth-order valence-corrected chi connectivity index (χ4v) is 1.27. The summed E-state index contributed by atoms with van der Waals surface area (Å²) >= 11 is 0. The molecule has 0 radical (unpaired) electrons.